The lowest BCUT2D eigenvalue weighted by atomic mass is 10.0. The fourth-order valence-electron chi connectivity index (χ4n) is 2.08. The van der Waals surface area contributed by atoms with Crippen LogP contribution in [-0.2, 0) is 4.79 Å². The molecule has 0 aliphatic carbocycles. The first-order chi connectivity index (χ1) is 8.99. The van der Waals surface area contributed by atoms with E-state index in [4.69, 9.17) is 0 Å². The maximum absolute atomic E-state index is 12.3. The van der Waals surface area contributed by atoms with Gasteiger partial charge in [0.15, 0.2) is 0 Å². The molecule has 1 aromatic carbocycles. The van der Waals surface area contributed by atoms with Crippen molar-refractivity contribution in [1.29, 1.82) is 0 Å². The van der Waals surface area contributed by atoms with Crippen molar-refractivity contribution in [3.8, 4) is 0 Å². The van der Waals surface area contributed by atoms with Crippen LogP contribution < -0.4 is 0 Å². The second-order valence-corrected chi connectivity index (χ2v) is 4.59. The normalized spacial score (nSPS) is 15.4. The average molecular weight is 262 g/mol. The number of non-ortho nitro benzene ring substituents is 1. The summed E-state index contributed by atoms with van der Waals surface area (Å²) >= 11 is 0. The topological polar surface area (TPSA) is 80.5 Å². The molecule has 6 nitrogen and oxygen atoms in total. The molecule has 100 valence electrons. The molecular weight excluding hydrogens is 248 g/mol. The van der Waals surface area contributed by atoms with Crippen LogP contribution in [0.3, 0.4) is 0 Å². The van der Waals surface area contributed by atoms with E-state index in [-0.39, 0.29) is 17.4 Å². The first kappa shape index (κ1) is 13.2. The number of nitro groups is 1. The van der Waals surface area contributed by atoms with Crippen molar-refractivity contribution < 1.29 is 14.5 Å². The predicted molar refractivity (Wildman–Crippen MR) is 68.0 cm³/mol. The fourth-order valence-corrected chi connectivity index (χ4v) is 2.08. The van der Waals surface area contributed by atoms with E-state index in [2.05, 4.69) is 0 Å². The minimum absolute atomic E-state index is 0.0953. The maximum atomic E-state index is 12.3. The van der Waals surface area contributed by atoms with E-state index in [1.54, 1.807) is 17.9 Å². The van der Waals surface area contributed by atoms with Crippen molar-refractivity contribution in [2.24, 2.45) is 0 Å². The number of Topliss-reactive ketones (excluding diaryl/α,β-unsaturated/α-hetero) is 1. The molecule has 1 amide bonds. The molecule has 0 N–H and O–H groups in total. The number of nitrogens with zero attached hydrogens (tertiary/aromatic N) is 2. The summed E-state index contributed by atoms with van der Waals surface area (Å²) in [5.74, 6) is -0.0893. The Balaban J connectivity index is 2.25. The van der Waals surface area contributed by atoms with Crippen LogP contribution >= 0.6 is 0 Å². The van der Waals surface area contributed by atoms with E-state index >= 15 is 0 Å². The van der Waals surface area contributed by atoms with Gasteiger partial charge in [0.05, 0.1) is 4.92 Å². The van der Waals surface area contributed by atoms with Gasteiger partial charge in [-0.15, -0.1) is 0 Å². The van der Waals surface area contributed by atoms with E-state index in [1.807, 2.05) is 0 Å². The number of hydrogen-bond acceptors (Lipinski definition) is 4. The van der Waals surface area contributed by atoms with Crippen LogP contribution in [0.1, 0.15) is 28.8 Å². The Morgan fingerprint density at radius 1 is 1.32 bits per heavy atom. The van der Waals surface area contributed by atoms with Crippen molar-refractivity contribution in [3.63, 3.8) is 0 Å². The molecule has 0 bridgehead atoms. The second-order valence-electron chi connectivity index (χ2n) is 4.59. The van der Waals surface area contributed by atoms with Gasteiger partial charge in [-0.2, -0.15) is 0 Å². The molecule has 0 radical (unpaired) electrons. The van der Waals surface area contributed by atoms with E-state index < -0.39 is 4.92 Å². The molecule has 0 spiro atoms. The highest BCUT2D eigenvalue weighted by Crippen LogP contribution is 2.20. The maximum Gasteiger partial charge on any atom is 0.270 e. The number of aryl methyl sites for hydroxylation is 1. The summed E-state index contributed by atoms with van der Waals surface area (Å²) in [4.78, 5) is 35.2. The summed E-state index contributed by atoms with van der Waals surface area (Å²) in [7, 11) is 0. The Bertz CT molecular complexity index is 544. The number of amides is 1. The lowest BCUT2D eigenvalue weighted by Crippen LogP contribution is -2.38. The van der Waals surface area contributed by atoms with Crippen LogP contribution in [0.25, 0.3) is 0 Å². The third-order valence-corrected chi connectivity index (χ3v) is 3.27. The average Bonchev–Trinajstić information content (AvgIpc) is 2.39. The Kier molecular flexibility index (Phi) is 3.59. The number of rotatable bonds is 2. The Labute approximate surface area is 110 Å². The molecule has 0 saturated carbocycles. The summed E-state index contributed by atoms with van der Waals surface area (Å²) in [5, 5.41) is 10.7. The molecule has 1 saturated heterocycles. The highest BCUT2D eigenvalue weighted by atomic mass is 16.6. The minimum atomic E-state index is -0.518. The summed E-state index contributed by atoms with van der Waals surface area (Å²) in [6.45, 7) is 2.52. The van der Waals surface area contributed by atoms with Gasteiger partial charge in [0, 0.05) is 43.6 Å². The largest absolute Gasteiger partial charge is 0.338 e. The highest BCUT2D eigenvalue weighted by Gasteiger charge is 2.24. The molecule has 0 atom stereocenters. The van der Waals surface area contributed by atoms with Gasteiger partial charge >= 0.3 is 0 Å². The number of likely N-dealkylation sites (tertiary alicyclic amines) is 1. The molecule has 1 aromatic rings. The van der Waals surface area contributed by atoms with Gasteiger partial charge in [0.25, 0.3) is 11.6 Å². The number of carbonyl (C=O) groups is 2. The van der Waals surface area contributed by atoms with Crippen LogP contribution in [0.5, 0.6) is 0 Å². The number of piperidine rings is 1. The van der Waals surface area contributed by atoms with Crippen molar-refractivity contribution in [3.05, 3.63) is 39.4 Å². The standard InChI is InChI=1S/C13H14N2O4/c1-9-2-3-10(15(18)19)8-12(9)13(17)14-6-4-11(16)5-7-14/h2-3,8H,4-7H2,1H3. The van der Waals surface area contributed by atoms with Crippen molar-refractivity contribution in [2.45, 2.75) is 19.8 Å². The summed E-state index contributed by atoms with van der Waals surface area (Å²) in [5.41, 5.74) is 0.943. The molecule has 1 aliphatic heterocycles. The van der Waals surface area contributed by atoms with E-state index in [1.165, 1.54) is 12.1 Å². The van der Waals surface area contributed by atoms with Gasteiger partial charge < -0.3 is 4.90 Å². The van der Waals surface area contributed by atoms with E-state index in [0.29, 0.717) is 37.1 Å². The minimum Gasteiger partial charge on any atom is -0.338 e. The summed E-state index contributed by atoms with van der Waals surface area (Å²) in [6.07, 6.45) is 0.722. The number of hydrogen-bond donors (Lipinski definition) is 0. The molecule has 19 heavy (non-hydrogen) atoms. The monoisotopic (exact) mass is 262 g/mol. The van der Waals surface area contributed by atoms with Gasteiger partial charge in [-0.05, 0) is 12.5 Å². The lowest BCUT2D eigenvalue weighted by Gasteiger charge is -2.26. The Morgan fingerprint density at radius 2 is 1.95 bits per heavy atom. The zero-order valence-electron chi connectivity index (χ0n) is 10.6. The van der Waals surface area contributed by atoms with Gasteiger partial charge in [-0.25, -0.2) is 0 Å². The highest BCUT2D eigenvalue weighted by molar-refractivity contribution is 5.97. The van der Waals surface area contributed by atoms with Crippen molar-refractivity contribution in [1.82, 2.24) is 4.90 Å². The number of benzene rings is 1. The molecular formula is C13H14N2O4. The molecule has 1 fully saturated rings. The number of carbonyl (C=O) groups excluding carboxylic acids is 2. The quantitative estimate of drug-likeness (QED) is 0.600. The number of nitro benzene ring substituents is 1. The van der Waals surface area contributed by atoms with Crippen LogP contribution in [-0.4, -0.2) is 34.6 Å². The fraction of sp³-hybridized carbons (Fsp3) is 0.385. The third-order valence-electron chi connectivity index (χ3n) is 3.27. The van der Waals surface area contributed by atoms with Crippen LogP contribution in [0.4, 0.5) is 5.69 Å². The smallest absolute Gasteiger partial charge is 0.270 e. The van der Waals surface area contributed by atoms with Crippen molar-refractivity contribution >= 4 is 17.4 Å². The Hall–Kier alpha value is -2.24. The molecule has 1 aliphatic rings. The summed E-state index contributed by atoms with van der Waals surface area (Å²) < 4.78 is 0. The van der Waals surface area contributed by atoms with Gasteiger partial charge in [-0.1, -0.05) is 6.07 Å². The van der Waals surface area contributed by atoms with E-state index in [9.17, 15) is 19.7 Å². The molecule has 6 heteroatoms. The number of ketones is 1. The van der Waals surface area contributed by atoms with Crippen LogP contribution in [0.2, 0.25) is 0 Å². The van der Waals surface area contributed by atoms with E-state index in [0.717, 1.165) is 0 Å². The molecule has 2 rings (SSSR count). The van der Waals surface area contributed by atoms with Gasteiger partial charge in [0.1, 0.15) is 5.78 Å². The molecule has 0 aromatic heterocycles. The molecule has 0 unspecified atom stereocenters. The van der Waals surface area contributed by atoms with Gasteiger partial charge in [-0.3, -0.25) is 19.7 Å². The van der Waals surface area contributed by atoms with Crippen LogP contribution in [0.15, 0.2) is 18.2 Å². The van der Waals surface area contributed by atoms with Gasteiger partial charge in [0.2, 0.25) is 0 Å². The second kappa shape index (κ2) is 5.17. The Morgan fingerprint density at radius 3 is 2.53 bits per heavy atom. The van der Waals surface area contributed by atoms with Crippen LogP contribution in [0, 0.1) is 17.0 Å². The SMILES string of the molecule is Cc1ccc([N+](=O)[O-])cc1C(=O)N1CCC(=O)CC1. The first-order valence-corrected chi connectivity index (χ1v) is 6.05. The first-order valence-electron chi connectivity index (χ1n) is 6.05. The summed E-state index contributed by atoms with van der Waals surface area (Å²) in [6, 6.07) is 4.25. The third kappa shape index (κ3) is 2.78. The predicted octanol–water partition coefficient (Wildman–Crippen LogP) is 1.71. The lowest BCUT2D eigenvalue weighted by molar-refractivity contribution is -0.384. The zero-order valence-corrected chi connectivity index (χ0v) is 10.6. The zero-order chi connectivity index (χ0) is 14.0. The van der Waals surface area contributed by atoms with Crippen molar-refractivity contribution in [2.75, 3.05) is 13.1 Å². The molecule has 1 heterocycles.